The molecule has 0 amide bonds. The number of benzene rings is 2. The molecular formula is C25H21ClN6O2. The maximum atomic E-state index is 13.6. The third-order valence-corrected chi connectivity index (χ3v) is 6.09. The summed E-state index contributed by atoms with van der Waals surface area (Å²) in [5, 5.41) is 5.13. The summed E-state index contributed by atoms with van der Waals surface area (Å²) in [6.45, 7) is 3.60. The Hall–Kier alpha value is -4.17. The molecule has 3 aromatic heterocycles. The molecule has 5 rings (SSSR count). The number of rotatable bonds is 4. The fourth-order valence-electron chi connectivity index (χ4n) is 4.12. The highest BCUT2D eigenvalue weighted by Crippen LogP contribution is 2.28. The van der Waals surface area contributed by atoms with Crippen LogP contribution < -0.4 is 22.0 Å². The minimum absolute atomic E-state index is 0.0208. The summed E-state index contributed by atoms with van der Waals surface area (Å²) in [5.74, 6) is 0.311. The molecule has 9 heteroatoms. The van der Waals surface area contributed by atoms with E-state index in [1.807, 2.05) is 49.4 Å². The van der Waals surface area contributed by atoms with Crippen molar-refractivity contribution in [3.63, 3.8) is 0 Å². The third kappa shape index (κ3) is 3.58. The van der Waals surface area contributed by atoms with Crippen molar-refractivity contribution in [1.82, 2.24) is 19.5 Å². The van der Waals surface area contributed by atoms with Crippen LogP contribution in [0.2, 0.25) is 5.02 Å². The number of aryl methyl sites for hydroxylation is 1. The van der Waals surface area contributed by atoms with Crippen LogP contribution in [0.4, 0.5) is 11.8 Å². The summed E-state index contributed by atoms with van der Waals surface area (Å²) in [6.07, 6.45) is 1.59. The molecule has 3 heterocycles. The lowest BCUT2D eigenvalue weighted by Gasteiger charge is -2.22. The number of nitrogens with one attached hydrogen (secondary N) is 2. The predicted octanol–water partition coefficient (Wildman–Crippen LogP) is 4.34. The van der Waals surface area contributed by atoms with Gasteiger partial charge in [-0.3, -0.25) is 14.2 Å². The summed E-state index contributed by atoms with van der Waals surface area (Å²) >= 11 is 6.40. The number of anilines is 2. The molecule has 0 aliphatic rings. The van der Waals surface area contributed by atoms with Gasteiger partial charge in [-0.25, -0.2) is 0 Å². The van der Waals surface area contributed by atoms with E-state index in [2.05, 4.69) is 20.3 Å². The van der Waals surface area contributed by atoms with Gasteiger partial charge in [0.15, 0.2) is 5.43 Å². The van der Waals surface area contributed by atoms with Gasteiger partial charge >= 0.3 is 0 Å². The molecule has 0 spiro atoms. The van der Waals surface area contributed by atoms with Gasteiger partial charge < -0.3 is 16.0 Å². The standard InChI is InChI=1S/C25H21ClN6O2/c1-13-12-28-22-20(21(13)33)23(31-25(27)30-22)29-14(2)18-11-15-7-6-10-17(26)19(15)24(34)32(18)16-8-4-3-5-9-16/h3-12,14H,1-2H3,(H4,27,28,29,30,31,33). The first-order chi connectivity index (χ1) is 16.3. The Bertz CT molecular complexity index is 1680. The summed E-state index contributed by atoms with van der Waals surface area (Å²) in [5.41, 5.74) is 7.70. The fourth-order valence-corrected chi connectivity index (χ4v) is 4.38. The van der Waals surface area contributed by atoms with Gasteiger partial charge in [0.2, 0.25) is 5.95 Å². The van der Waals surface area contributed by atoms with E-state index >= 15 is 0 Å². The van der Waals surface area contributed by atoms with E-state index in [0.717, 1.165) is 0 Å². The minimum Gasteiger partial charge on any atom is -0.368 e. The highest BCUT2D eigenvalue weighted by Gasteiger charge is 2.20. The van der Waals surface area contributed by atoms with Crippen molar-refractivity contribution < 1.29 is 0 Å². The van der Waals surface area contributed by atoms with Crippen molar-refractivity contribution >= 4 is 45.2 Å². The predicted molar refractivity (Wildman–Crippen MR) is 136 cm³/mol. The van der Waals surface area contributed by atoms with E-state index in [-0.39, 0.29) is 16.9 Å². The van der Waals surface area contributed by atoms with Crippen LogP contribution in [0.5, 0.6) is 0 Å². The average molecular weight is 473 g/mol. The van der Waals surface area contributed by atoms with Crippen LogP contribution in [0.1, 0.15) is 24.2 Å². The summed E-state index contributed by atoms with van der Waals surface area (Å²) < 4.78 is 1.62. The maximum absolute atomic E-state index is 13.6. The van der Waals surface area contributed by atoms with E-state index < -0.39 is 6.04 Å². The van der Waals surface area contributed by atoms with Crippen LogP contribution in [-0.4, -0.2) is 19.5 Å². The van der Waals surface area contributed by atoms with Crippen molar-refractivity contribution in [2.45, 2.75) is 19.9 Å². The second-order valence-corrected chi connectivity index (χ2v) is 8.48. The number of aromatic nitrogens is 4. The van der Waals surface area contributed by atoms with Crippen molar-refractivity contribution in [2.24, 2.45) is 0 Å². The second kappa shape index (κ2) is 8.31. The number of nitrogens with zero attached hydrogens (tertiary/aromatic N) is 3. The summed E-state index contributed by atoms with van der Waals surface area (Å²) in [7, 11) is 0. The molecule has 0 saturated heterocycles. The zero-order valence-corrected chi connectivity index (χ0v) is 19.2. The van der Waals surface area contributed by atoms with Crippen molar-refractivity contribution in [3.05, 3.63) is 97.7 Å². The summed E-state index contributed by atoms with van der Waals surface area (Å²) in [6, 6.07) is 16.1. The molecule has 4 N–H and O–H groups in total. The van der Waals surface area contributed by atoms with Gasteiger partial charge in [-0.15, -0.1) is 0 Å². The molecule has 1 atom stereocenters. The lowest BCUT2D eigenvalue weighted by Crippen LogP contribution is -2.26. The van der Waals surface area contributed by atoms with Crippen LogP contribution in [0.25, 0.3) is 27.5 Å². The lowest BCUT2D eigenvalue weighted by atomic mass is 10.1. The monoisotopic (exact) mass is 472 g/mol. The number of H-pyrrole nitrogens is 1. The molecule has 0 saturated carbocycles. The van der Waals surface area contributed by atoms with Crippen molar-refractivity contribution in [2.75, 3.05) is 11.1 Å². The van der Waals surface area contributed by atoms with Crippen LogP contribution in [-0.2, 0) is 0 Å². The van der Waals surface area contributed by atoms with E-state index in [1.165, 1.54) is 0 Å². The Morgan fingerprint density at radius 3 is 2.59 bits per heavy atom. The Kier molecular flexibility index (Phi) is 5.30. The number of fused-ring (bicyclic) bond motifs is 2. The third-order valence-electron chi connectivity index (χ3n) is 5.77. The highest BCUT2D eigenvalue weighted by molar-refractivity contribution is 6.35. The first-order valence-corrected chi connectivity index (χ1v) is 11.0. The van der Waals surface area contributed by atoms with Gasteiger partial charge in [0.05, 0.1) is 16.5 Å². The first kappa shape index (κ1) is 21.7. The number of nitrogen functional groups attached to an aromatic ring is 1. The van der Waals surface area contributed by atoms with Gasteiger partial charge in [0, 0.05) is 23.1 Å². The minimum atomic E-state index is -0.436. The molecule has 5 aromatic rings. The van der Waals surface area contributed by atoms with E-state index in [9.17, 15) is 9.59 Å². The largest absolute Gasteiger partial charge is 0.368 e. The SMILES string of the molecule is Cc1c[nH]c2nc(N)nc(NC(C)c3cc4cccc(Cl)c4c(=O)n3-c3ccccc3)c2c1=O. The summed E-state index contributed by atoms with van der Waals surface area (Å²) in [4.78, 5) is 38.0. The van der Waals surface area contributed by atoms with E-state index in [4.69, 9.17) is 17.3 Å². The number of aromatic amines is 1. The van der Waals surface area contributed by atoms with Crippen LogP contribution in [0.3, 0.4) is 0 Å². The first-order valence-electron chi connectivity index (χ1n) is 10.7. The molecule has 0 fully saturated rings. The van der Waals surface area contributed by atoms with Gasteiger partial charge in [0.1, 0.15) is 16.9 Å². The molecule has 0 aliphatic carbocycles. The Morgan fingerprint density at radius 2 is 1.82 bits per heavy atom. The highest BCUT2D eigenvalue weighted by atomic mass is 35.5. The van der Waals surface area contributed by atoms with E-state index in [1.54, 1.807) is 29.8 Å². The number of hydrogen-bond donors (Lipinski definition) is 3. The molecular weight excluding hydrogens is 452 g/mol. The maximum Gasteiger partial charge on any atom is 0.264 e. The quantitative estimate of drug-likeness (QED) is 0.358. The second-order valence-electron chi connectivity index (χ2n) is 8.07. The number of halogens is 1. The van der Waals surface area contributed by atoms with Crippen LogP contribution >= 0.6 is 11.6 Å². The van der Waals surface area contributed by atoms with Crippen LogP contribution in [0.15, 0.2) is 70.4 Å². The molecule has 8 nitrogen and oxygen atoms in total. The van der Waals surface area contributed by atoms with E-state index in [0.29, 0.717) is 49.6 Å². The Morgan fingerprint density at radius 1 is 1.06 bits per heavy atom. The number of nitrogens with two attached hydrogens (primary N) is 1. The molecule has 2 aromatic carbocycles. The molecule has 0 aliphatic heterocycles. The van der Waals surface area contributed by atoms with Crippen molar-refractivity contribution in [1.29, 1.82) is 0 Å². The van der Waals surface area contributed by atoms with Gasteiger partial charge in [-0.1, -0.05) is 41.9 Å². The smallest absolute Gasteiger partial charge is 0.264 e. The Labute approximate surface area is 199 Å². The van der Waals surface area contributed by atoms with Gasteiger partial charge in [-0.05, 0) is 43.5 Å². The Balaban J connectivity index is 1.74. The number of pyridine rings is 2. The molecule has 170 valence electrons. The zero-order valence-electron chi connectivity index (χ0n) is 18.5. The fraction of sp³-hybridized carbons (Fsp3) is 0.120. The normalized spacial score (nSPS) is 12.2. The van der Waals surface area contributed by atoms with Gasteiger partial charge in [0.25, 0.3) is 5.56 Å². The van der Waals surface area contributed by atoms with Crippen LogP contribution in [0, 0.1) is 6.92 Å². The average Bonchev–Trinajstić information content (AvgIpc) is 2.81. The molecule has 1 unspecified atom stereocenters. The zero-order chi connectivity index (χ0) is 24.0. The van der Waals surface area contributed by atoms with Gasteiger partial charge in [-0.2, -0.15) is 9.97 Å². The number of para-hydroxylation sites is 1. The number of hydrogen-bond acceptors (Lipinski definition) is 6. The molecule has 0 bridgehead atoms. The van der Waals surface area contributed by atoms with Crippen molar-refractivity contribution in [3.8, 4) is 5.69 Å². The molecule has 0 radical (unpaired) electrons. The lowest BCUT2D eigenvalue weighted by molar-refractivity contribution is 0.774. The molecule has 34 heavy (non-hydrogen) atoms. The topological polar surface area (TPSA) is 119 Å².